The third-order valence-electron chi connectivity index (χ3n) is 3.50. The van der Waals surface area contributed by atoms with Crippen LogP contribution in [0.3, 0.4) is 0 Å². The van der Waals surface area contributed by atoms with Gasteiger partial charge in [-0.15, -0.1) is 0 Å². The van der Waals surface area contributed by atoms with Gasteiger partial charge in [0.1, 0.15) is 6.04 Å². The topological polar surface area (TPSA) is 75.4 Å². The molecule has 1 atom stereocenters. The van der Waals surface area contributed by atoms with Crippen LogP contribution in [0.2, 0.25) is 0 Å². The fourth-order valence-electron chi connectivity index (χ4n) is 2.40. The molecule has 1 heterocycles. The second-order valence-corrected chi connectivity index (χ2v) is 4.67. The summed E-state index contributed by atoms with van der Waals surface area (Å²) in [5.41, 5.74) is 7.12. The average Bonchev–Trinajstić information content (AvgIpc) is 2.95. The van der Waals surface area contributed by atoms with Gasteiger partial charge in [-0.05, 0) is 30.5 Å². The molecule has 1 aromatic rings. The summed E-state index contributed by atoms with van der Waals surface area (Å²) in [4.78, 5) is 25.8. The minimum atomic E-state index is -0.341. The molecule has 2 rings (SSSR count). The van der Waals surface area contributed by atoms with Gasteiger partial charge in [0.25, 0.3) is 5.91 Å². The molecule has 5 nitrogen and oxygen atoms in total. The summed E-state index contributed by atoms with van der Waals surface area (Å²) in [5.74, 6) is -0.181. The maximum absolute atomic E-state index is 12.4. The van der Waals surface area contributed by atoms with Gasteiger partial charge in [-0.25, -0.2) is 0 Å². The number of benzene rings is 1. The van der Waals surface area contributed by atoms with Crippen LogP contribution in [-0.4, -0.2) is 36.3 Å². The first kappa shape index (κ1) is 13.5. The van der Waals surface area contributed by atoms with Gasteiger partial charge in [-0.1, -0.05) is 12.1 Å². The fraction of sp³-hybridized carbons (Fsp3) is 0.429. The van der Waals surface area contributed by atoms with Crippen molar-refractivity contribution in [3.63, 3.8) is 0 Å². The van der Waals surface area contributed by atoms with Crippen LogP contribution in [0.25, 0.3) is 0 Å². The Morgan fingerprint density at radius 3 is 2.63 bits per heavy atom. The number of likely N-dealkylation sites (N-methyl/N-ethyl adjacent to an activating group) is 1. The highest BCUT2D eigenvalue weighted by molar-refractivity contribution is 5.97. The van der Waals surface area contributed by atoms with Crippen LogP contribution in [-0.2, 0) is 11.3 Å². The smallest absolute Gasteiger partial charge is 0.254 e. The maximum atomic E-state index is 12.4. The van der Waals surface area contributed by atoms with Crippen molar-refractivity contribution < 1.29 is 9.59 Å². The lowest BCUT2D eigenvalue weighted by molar-refractivity contribution is -0.124. The first-order chi connectivity index (χ1) is 9.17. The molecule has 0 saturated carbocycles. The molecule has 3 N–H and O–H groups in total. The van der Waals surface area contributed by atoms with Crippen molar-refractivity contribution >= 4 is 11.8 Å². The lowest BCUT2D eigenvalue weighted by Crippen LogP contribution is -2.44. The number of carbonyl (C=O) groups is 2. The van der Waals surface area contributed by atoms with Crippen molar-refractivity contribution in [2.75, 3.05) is 13.6 Å². The van der Waals surface area contributed by atoms with Gasteiger partial charge in [0.15, 0.2) is 0 Å². The standard InChI is InChI=1S/C14H19N3O2/c1-16-13(18)12-3-2-8-17(12)14(19)11-6-4-10(9-15)5-7-11/h4-7,12H,2-3,8-9,15H2,1H3,(H,16,18). The number of nitrogens with one attached hydrogen (secondary N) is 1. The Morgan fingerprint density at radius 1 is 1.37 bits per heavy atom. The molecular formula is C14H19N3O2. The molecule has 19 heavy (non-hydrogen) atoms. The van der Waals surface area contributed by atoms with E-state index in [1.807, 2.05) is 12.1 Å². The summed E-state index contributed by atoms with van der Waals surface area (Å²) in [6.07, 6.45) is 1.59. The van der Waals surface area contributed by atoms with Gasteiger partial charge >= 0.3 is 0 Å². The van der Waals surface area contributed by atoms with Crippen molar-refractivity contribution in [3.05, 3.63) is 35.4 Å². The minimum Gasteiger partial charge on any atom is -0.357 e. The molecule has 0 aliphatic carbocycles. The molecule has 2 amide bonds. The van der Waals surface area contributed by atoms with Crippen molar-refractivity contribution in [2.45, 2.75) is 25.4 Å². The number of nitrogens with two attached hydrogens (primary N) is 1. The number of hydrogen-bond donors (Lipinski definition) is 2. The summed E-state index contributed by atoms with van der Waals surface area (Å²) >= 11 is 0. The minimum absolute atomic E-state index is 0.0883. The van der Waals surface area contributed by atoms with Crippen LogP contribution in [0, 0.1) is 0 Å². The third kappa shape index (κ3) is 2.76. The Balaban J connectivity index is 2.15. The molecule has 0 radical (unpaired) electrons. The molecule has 0 aromatic heterocycles. The number of rotatable bonds is 3. The lowest BCUT2D eigenvalue weighted by Gasteiger charge is -2.23. The number of carbonyl (C=O) groups excluding carboxylic acids is 2. The number of likely N-dealkylation sites (tertiary alicyclic amines) is 1. The van der Waals surface area contributed by atoms with E-state index in [1.54, 1.807) is 24.1 Å². The number of hydrogen-bond acceptors (Lipinski definition) is 3. The van der Waals surface area contributed by atoms with Crippen molar-refractivity contribution in [1.29, 1.82) is 0 Å². The molecular weight excluding hydrogens is 242 g/mol. The zero-order valence-electron chi connectivity index (χ0n) is 11.1. The molecule has 1 fully saturated rings. The Hall–Kier alpha value is -1.88. The fourth-order valence-corrected chi connectivity index (χ4v) is 2.40. The van der Waals surface area contributed by atoms with Crippen LogP contribution in [0.4, 0.5) is 0 Å². The van der Waals surface area contributed by atoms with Gasteiger partial charge in [0, 0.05) is 25.7 Å². The van der Waals surface area contributed by atoms with Gasteiger partial charge < -0.3 is 16.0 Å². The quantitative estimate of drug-likeness (QED) is 0.831. The molecule has 1 aliphatic heterocycles. The zero-order valence-corrected chi connectivity index (χ0v) is 11.1. The normalized spacial score (nSPS) is 18.4. The molecule has 1 saturated heterocycles. The molecule has 1 unspecified atom stereocenters. The van der Waals surface area contributed by atoms with E-state index >= 15 is 0 Å². The predicted octanol–water partition coefficient (Wildman–Crippen LogP) is 0.496. The second kappa shape index (κ2) is 5.84. The van der Waals surface area contributed by atoms with Crippen LogP contribution in [0.1, 0.15) is 28.8 Å². The van der Waals surface area contributed by atoms with Crippen molar-refractivity contribution in [2.24, 2.45) is 5.73 Å². The van der Waals surface area contributed by atoms with E-state index in [0.29, 0.717) is 18.7 Å². The van der Waals surface area contributed by atoms with Crippen LogP contribution in [0.5, 0.6) is 0 Å². The van der Waals surface area contributed by atoms with Crippen molar-refractivity contribution in [3.8, 4) is 0 Å². The van der Waals surface area contributed by atoms with Gasteiger partial charge in [0.05, 0.1) is 0 Å². The van der Waals surface area contributed by atoms with Gasteiger partial charge in [-0.3, -0.25) is 9.59 Å². The highest BCUT2D eigenvalue weighted by atomic mass is 16.2. The first-order valence-electron chi connectivity index (χ1n) is 6.49. The Morgan fingerprint density at radius 2 is 2.05 bits per heavy atom. The Bertz CT molecular complexity index is 470. The van der Waals surface area contributed by atoms with Crippen LogP contribution in [0.15, 0.2) is 24.3 Å². The Kier molecular flexibility index (Phi) is 4.16. The van der Waals surface area contributed by atoms with Gasteiger partial charge in [-0.2, -0.15) is 0 Å². The van der Waals surface area contributed by atoms with E-state index in [4.69, 9.17) is 5.73 Å². The van der Waals surface area contributed by atoms with E-state index in [1.165, 1.54) is 0 Å². The summed E-state index contributed by atoms with van der Waals surface area (Å²) in [7, 11) is 1.60. The third-order valence-corrected chi connectivity index (χ3v) is 3.50. The molecule has 0 bridgehead atoms. The lowest BCUT2D eigenvalue weighted by atomic mass is 10.1. The SMILES string of the molecule is CNC(=O)C1CCCN1C(=O)c1ccc(CN)cc1. The molecule has 5 heteroatoms. The van der Waals surface area contributed by atoms with E-state index < -0.39 is 0 Å². The largest absolute Gasteiger partial charge is 0.357 e. The molecule has 1 aliphatic rings. The van der Waals surface area contributed by atoms with E-state index in [9.17, 15) is 9.59 Å². The van der Waals surface area contributed by atoms with E-state index in [0.717, 1.165) is 18.4 Å². The Labute approximate surface area is 112 Å². The first-order valence-corrected chi connectivity index (χ1v) is 6.49. The predicted molar refractivity (Wildman–Crippen MR) is 72.5 cm³/mol. The van der Waals surface area contributed by atoms with Gasteiger partial charge in [0.2, 0.25) is 5.91 Å². The molecule has 1 aromatic carbocycles. The highest BCUT2D eigenvalue weighted by Crippen LogP contribution is 2.20. The number of amides is 2. The van der Waals surface area contributed by atoms with E-state index in [-0.39, 0.29) is 17.9 Å². The monoisotopic (exact) mass is 261 g/mol. The summed E-state index contributed by atoms with van der Waals surface area (Å²) in [6, 6.07) is 6.89. The summed E-state index contributed by atoms with van der Waals surface area (Å²) in [5, 5.41) is 2.61. The van der Waals surface area contributed by atoms with Crippen molar-refractivity contribution in [1.82, 2.24) is 10.2 Å². The maximum Gasteiger partial charge on any atom is 0.254 e. The zero-order chi connectivity index (χ0) is 13.8. The summed E-state index contributed by atoms with van der Waals surface area (Å²) in [6.45, 7) is 1.09. The van der Waals surface area contributed by atoms with E-state index in [2.05, 4.69) is 5.32 Å². The second-order valence-electron chi connectivity index (χ2n) is 4.67. The molecule has 0 spiro atoms. The number of nitrogens with zero attached hydrogens (tertiary/aromatic N) is 1. The molecule has 102 valence electrons. The average molecular weight is 261 g/mol. The summed E-state index contributed by atoms with van der Waals surface area (Å²) < 4.78 is 0. The highest BCUT2D eigenvalue weighted by Gasteiger charge is 2.33. The van der Waals surface area contributed by atoms with Crippen LogP contribution >= 0.6 is 0 Å². The van der Waals surface area contributed by atoms with Crippen LogP contribution < -0.4 is 11.1 Å².